The Balaban J connectivity index is 0. The van der Waals surface area contributed by atoms with Crippen molar-refractivity contribution in [1.29, 1.82) is 0 Å². The molecule has 27 heavy (non-hydrogen) atoms. The van der Waals surface area contributed by atoms with Crippen molar-refractivity contribution in [1.82, 2.24) is 0 Å². The van der Waals surface area contributed by atoms with Gasteiger partial charge in [0.15, 0.2) is 0 Å². The van der Waals surface area contributed by atoms with Crippen molar-refractivity contribution in [3.8, 4) is 0 Å². The topological polar surface area (TPSA) is 94.5 Å². The first-order valence-electron chi connectivity index (χ1n) is 9.89. The van der Waals surface area contributed by atoms with Crippen LogP contribution < -0.4 is 0 Å². The van der Waals surface area contributed by atoms with Crippen molar-refractivity contribution in [3.63, 3.8) is 0 Å². The third-order valence-corrected chi connectivity index (χ3v) is 7.35. The van der Waals surface area contributed by atoms with E-state index in [4.69, 9.17) is 0 Å². The van der Waals surface area contributed by atoms with Crippen molar-refractivity contribution < 1.29 is 29.6 Å². The Labute approximate surface area is 163 Å². The number of alkyl halides is 3. The molecule has 0 aromatic carbocycles. The average molecular weight is 401 g/mol. The standard InChI is InChI=1S/C20H33F3.CH4.3H2O/c1-12-3-6-14(7-4-12)16-10-8-15(11-18(16)21)17-9-5-13(2)19(22)20(17)23;;;;/h12-20H,3-11H2,1-2H3;1H4;3*1H2. The predicted octanol–water partition coefficient (Wildman–Crippen LogP) is 4.45. The molecule has 6 heteroatoms. The zero-order valence-electron chi connectivity index (χ0n) is 16.2. The molecular weight excluding hydrogens is 357 g/mol. The van der Waals surface area contributed by atoms with E-state index >= 15 is 0 Å². The zero-order chi connectivity index (χ0) is 16.6. The molecule has 7 unspecified atom stereocenters. The van der Waals surface area contributed by atoms with Crippen molar-refractivity contribution >= 4 is 0 Å². The Morgan fingerprint density at radius 1 is 0.593 bits per heavy atom. The van der Waals surface area contributed by atoms with Gasteiger partial charge in [-0.2, -0.15) is 0 Å². The molecule has 0 heterocycles. The van der Waals surface area contributed by atoms with Gasteiger partial charge >= 0.3 is 0 Å². The summed E-state index contributed by atoms with van der Waals surface area (Å²) < 4.78 is 43.2. The van der Waals surface area contributed by atoms with Gasteiger partial charge < -0.3 is 16.4 Å². The van der Waals surface area contributed by atoms with Gasteiger partial charge in [0.05, 0.1) is 0 Å². The molecule has 0 aromatic rings. The molecule has 166 valence electrons. The van der Waals surface area contributed by atoms with Gasteiger partial charge in [-0.25, -0.2) is 13.2 Å². The van der Waals surface area contributed by atoms with E-state index in [1.807, 2.05) is 0 Å². The molecule has 6 N–H and O–H groups in total. The fourth-order valence-electron chi connectivity index (χ4n) is 5.62. The summed E-state index contributed by atoms with van der Waals surface area (Å²) in [6.07, 6.45) is 5.04. The minimum absolute atomic E-state index is 0. The lowest BCUT2D eigenvalue weighted by atomic mass is 9.64. The third-order valence-electron chi connectivity index (χ3n) is 7.35. The molecule has 3 nitrogen and oxygen atoms in total. The molecule has 0 amide bonds. The molecule has 3 fully saturated rings. The first-order valence-corrected chi connectivity index (χ1v) is 9.89. The van der Waals surface area contributed by atoms with E-state index in [-0.39, 0.29) is 47.5 Å². The van der Waals surface area contributed by atoms with E-state index in [1.165, 1.54) is 12.8 Å². The summed E-state index contributed by atoms with van der Waals surface area (Å²) >= 11 is 0. The maximum atomic E-state index is 14.8. The van der Waals surface area contributed by atoms with Crippen LogP contribution in [0.2, 0.25) is 0 Å². The van der Waals surface area contributed by atoms with Gasteiger partial charge in [0.2, 0.25) is 0 Å². The van der Waals surface area contributed by atoms with Crippen molar-refractivity contribution in [2.45, 2.75) is 97.6 Å². The minimum Gasteiger partial charge on any atom is -0.412 e. The van der Waals surface area contributed by atoms with E-state index in [9.17, 15) is 13.2 Å². The number of hydrogen-bond donors (Lipinski definition) is 0. The van der Waals surface area contributed by atoms with Crippen LogP contribution in [0.25, 0.3) is 0 Å². The summed E-state index contributed by atoms with van der Waals surface area (Å²) in [6, 6.07) is 0. The smallest absolute Gasteiger partial charge is 0.134 e. The highest BCUT2D eigenvalue weighted by Gasteiger charge is 2.45. The van der Waals surface area contributed by atoms with Gasteiger partial charge in [0, 0.05) is 0 Å². The quantitative estimate of drug-likeness (QED) is 0.655. The first-order chi connectivity index (χ1) is 11.0. The second kappa shape index (κ2) is 12.3. The molecule has 3 aliphatic rings. The van der Waals surface area contributed by atoms with Crippen molar-refractivity contribution in [2.75, 3.05) is 0 Å². The van der Waals surface area contributed by atoms with Crippen LogP contribution in [0.1, 0.15) is 79.1 Å². The molecule has 3 rings (SSSR count). The minimum atomic E-state index is -1.37. The van der Waals surface area contributed by atoms with Crippen LogP contribution in [0.15, 0.2) is 0 Å². The predicted molar refractivity (Wildman–Crippen MR) is 106 cm³/mol. The molecule has 0 radical (unpaired) electrons. The molecule has 7 atom stereocenters. The second-order valence-electron chi connectivity index (χ2n) is 8.88. The van der Waals surface area contributed by atoms with E-state index in [0.717, 1.165) is 44.4 Å². The monoisotopic (exact) mass is 400 g/mol. The van der Waals surface area contributed by atoms with E-state index in [0.29, 0.717) is 12.3 Å². The van der Waals surface area contributed by atoms with Gasteiger partial charge in [-0.3, -0.25) is 0 Å². The van der Waals surface area contributed by atoms with Crippen LogP contribution in [0.5, 0.6) is 0 Å². The fraction of sp³-hybridized carbons (Fsp3) is 1.00. The fourth-order valence-corrected chi connectivity index (χ4v) is 5.62. The van der Waals surface area contributed by atoms with Crippen LogP contribution in [0.4, 0.5) is 13.2 Å². The lowest BCUT2D eigenvalue weighted by Gasteiger charge is -2.44. The summed E-state index contributed by atoms with van der Waals surface area (Å²) in [5.41, 5.74) is 0. The molecule has 0 spiro atoms. The Hall–Kier alpha value is -0.330. The number of rotatable bonds is 2. The average Bonchev–Trinajstić information content (AvgIpc) is 2.54. The molecule has 0 saturated heterocycles. The molecule has 3 saturated carbocycles. The Kier molecular flexibility index (Phi) is 13.1. The molecule has 0 bridgehead atoms. The molecular formula is C21H43F3O3. The van der Waals surface area contributed by atoms with Crippen molar-refractivity contribution in [2.24, 2.45) is 35.5 Å². The zero-order valence-corrected chi connectivity index (χ0v) is 16.2. The van der Waals surface area contributed by atoms with Gasteiger partial charge in [0.25, 0.3) is 0 Å². The van der Waals surface area contributed by atoms with Gasteiger partial charge in [0.1, 0.15) is 18.5 Å². The number of hydrogen-bond acceptors (Lipinski definition) is 0. The van der Waals surface area contributed by atoms with Crippen molar-refractivity contribution in [3.05, 3.63) is 0 Å². The van der Waals surface area contributed by atoms with Crippen LogP contribution in [-0.4, -0.2) is 34.9 Å². The molecule has 0 aliphatic heterocycles. The van der Waals surface area contributed by atoms with Gasteiger partial charge in [-0.15, -0.1) is 0 Å². The first kappa shape index (κ1) is 28.9. The van der Waals surface area contributed by atoms with Gasteiger partial charge in [-0.1, -0.05) is 34.1 Å². The van der Waals surface area contributed by atoms with Crippen LogP contribution in [0, 0.1) is 35.5 Å². The Morgan fingerprint density at radius 3 is 1.67 bits per heavy atom. The van der Waals surface area contributed by atoms with E-state index in [1.54, 1.807) is 6.92 Å². The van der Waals surface area contributed by atoms with Gasteiger partial charge in [-0.05, 0) is 80.5 Å². The third kappa shape index (κ3) is 6.33. The maximum Gasteiger partial charge on any atom is 0.134 e. The highest BCUT2D eigenvalue weighted by atomic mass is 19.2. The van der Waals surface area contributed by atoms with E-state index < -0.39 is 18.5 Å². The lowest BCUT2D eigenvalue weighted by Crippen LogP contribution is -2.43. The summed E-state index contributed by atoms with van der Waals surface area (Å²) in [5, 5.41) is 0. The Bertz CT molecular complexity index is 391. The highest BCUT2D eigenvalue weighted by Crippen LogP contribution is 2.47. The normalized spacial score (nSPS) is 44.6. The summed E-state index contributed by atoms with van der Waals surface area (Å²) in [7, 11) is 0. The van der Waals surface area contributed by atoms with Crippen LogP contribution in [-0.2, 0) is 0 Å². The number of halogens is 3. The summed E-state index contributed by atoms with van der Waals surface area (Å²) in [5.74, 6) is 1.14. The van der Waals surface area contributed by atoms with Crippen LogP contribution >= 0.6 is 0 Å². The maximum absolute atomic E-state index is 14.8. The second-order valence-corrected chi connectivity index (χ2v) is 8.88. The molecule has 0 aromatic heterocycles. The largest absolute Gasteiger partial charge is 0.412 e. The van der Waals surface area contributed by atoms with E-state index in [2.05, 4.69) is 6.92 Å². The highest BCUT2D eigenvalue weighted by molar-refractivity contribution is 4.94. The lowest BCUT2D eigenvalue weighted by molar-refractivity contribution is -0.0276. The SMILES string of the molecule is C.CC1CCC(C2CCC(C3CCC(C)C(F)C3F)CC2F)CC1.O.O.O. The Morgan fingerprint density at radius 2 is 1.11 bits per heavy atom. The van der Waals surface area contributed by atoms with Crippen LogP contribution in [0.3, 0.4) is 0 Å². The molecule has 3 aliphatic carbocycles. The summed E-state index contributed by atoms with van der Waals surface area (Å²) in [4.78, 5) is 0. The summed E-state index contributed by atoms with van der Waals surface area (Å²) in [6.45, 7) is 4.09.